The molecule has 0 aromatic carbocycles. The topological polar surface area (TPSA) is 20.3 Å². The third-order valence-corrected chi connectivity index (χ3v) is 2.72. The second kappa shape index (κ2) is 3.42. The summed E-state index contributed by atoms with van der Waals surface area (Å²) in [5.74, 6) is 0.212. The number of carbonyl (C=O) groups excluding carboxylic acids is 1. The van der Waals surface area contributed by atoms with Crippen LogP contribution in [0.4, 0.5) is 0 Å². The Hall–Kier alpha value is -0.960. The summed E-state index contributed by atoms with van der Waals surface area (Å²) >= 11 is 5.20. The molecule has 3 heteroatoms. The Balaban J connectivity index is 2.23. The zero-order chi connectivity index (χ0) is 9.26. The highest BCUT2D eigenvalue weighted by Crippen LogP contribution is 2.21. The highest BCUT2D eigenvalue weighted by molar-refractivity contribution is 7.80. The number of hydrogen-bond acceptors (Lipinski definition) is 2. The van der Waals surface area contributed by atoms with Crippen molar-refractivity contribution in [3.63, 3.8) is 0 Å². The molecule has 1 amide bonds. The summed E-state index contributed by atoms with van der Waals surface area (Å²) in [6.07, 6.45) is 8.36. The Labute approximate surface area is 82.9 Å². The SMILES string of the molecule is O=C1CCCN1C1=CC=CCC1=S. The molecule has 1 aliphatic carbocycles. The van der Waals surface area contributed by atoms with Crippen molar-refractivity contribution >= 4 is 23.0 Å². The van der Waals surface area contributed by atoms with Crippen LogP contribution in [0.1, 0.15) is 19.3 Å². The minimum absolute atomic E-state index is 0.212. The fourth-order valence-corrected chi connectivity index (χ4v) is 1.95. The van der Waals surface area contributed by atoms with Gasteiger partial charge in [-0.15, -0.1) is 0 Å². The average molecular weight is 193 g/mol. The van der Waals surface area contributed by atoms with E-state index >= 15 is 0 Å². The molecule has 0 N–H and O–H groups in total. The fraction of sp³-hybridized carbons (Fsp3) is 0.400. The largest absolute Gasteiger partial charge is 0.311 e. The normalized spacial score (nSPS) is 22.5. The second-order valence-corrected chi connectivity index (χ2v) is 3.75. The molecule has 1 saturated heterocycles. The van der Waals surface area contributed by atoms with E-state index in [2.05, 4.69) is 0 Å². The van der Waals surface area contributed by atoms with Crippen LogP contribution in [0.5, 0.6) is 0 Å². The minimum atomic E-state index is 0.212. The Kier molecular flexibility index (Phi) is 2.27. The number of carbonyl (C=O) groups is 1. The van der Waals surface area contributed by atoms with Crippen LogP contribution < -0.4 is 0 Å². The first kappa shape index (κ1) is 8.63. The van der Waals surface area contributed by atoms with Crippen molar-refractivity contribution in [2.75, 3.05) is 6.54 Å². The smallest absolute Gasteiger partial charge is 0.227 e. The van der Waals surface area contributed by atoms with Crippen LogP contribution in [0.15, 0.2) is 23.9 Å². The fourth-order valence-electron chi connectivity index (χ4n) is 1.68. The quantitative estimate of drug-likeness (QED) is 0.592. The van der Waals surface area contributed by atoms with Gasteiger partial charge in [-0.3, -0.25) is 4.79 Å². The van der Waals surface area contributed by atoms with Crippen LogP contribution >= 0.6 is 12.2 Å². The third kappa shape index (κ3) is 1.56. The number of nitrogens with zero attached hydrogens (tertiary/aromatic N) is 1. The Morgan fingerprint density at radius 3 is 2.92 bits per heavy atom. The van der Waals surface area contributed by atoms with Crippen LogP contribution in [0.2, 0.25) is 0 Å². The summed E-state index contributed by atoms with van der Waals surface area (Å²) in [5.41, 5.74) is 0.944. The lowest BCUT2D eigenvalue weighted by Crippen LogP contribution is -2.28. The van der Waals surface area contributed by atoms with Gasteiger partial charge in [-0.05, 0) is 12.5 Å². The number of amides is 1. The van der Waals surface area contributed by atoms with Gasteiger partial charge < -0.3 is 4.90 Å². The van der Waals surface area contributed by atoms with E-state index in [4.69, 9.17) is 12.2 Å². The summed E-state index contributed by atoms with van der Waals surface area (Å²) < 4.78 is 0. The van der Waals surface area contributed by atoms with Crippen LogP contribution in [0, 0.1) is 0 Å². The van der Waals surface area contributed by atoms with Gasteiger partial charge in [-0.2, -0.15) is 0 Å². The first-order chi connectivity index (χ1) is 6.29. The molecular formula is C10H11NOS. The molecule has 0 aromatic heterocycles. The number of likely N-dealkylation sites (tertiary alicyclic amines) is 1. The summed E-state index contributed by atoms with van der Waals surface area (Å²) in [4.78, 5) is 14.1. The Bertz CT molecular complexity index is 317. The molecule has 1 aliphatic heterocycles. The lowest BCUT2D eigenvalue weighted by atomic mass is 10.1. The number of rotatable bonds is 1. The van der Waals surface area contributed by atoms with E-state index in [0.29, 0.717) is 6.42 Å². The van der Waals surface area contributed by atoms with Crippen LogP contribution in [-0.4, -0.2) is 22.2 Å². The first-order valence-corrected chi connectivity index (χ1v) is 4.90. The van der Waals surface area contributed by atoms with Gasteiger partial charge in [0.25, 0.3) is 0 Å². The predicted molar refractivity (Wildman–Crippen MR) is 55.4 cm³/mol. The van der Waals surface area contributed by atoms with Gasteiger partial charge in [0.1, 0.15) is 0 Å². The molecule has 13 heavy (non-hydrogen) atoms. The zero-order valence-electron chi connectivity index (χ0n) is 7.32. The van der Waals surface area contributed by atoms with Crippen molar-refractivity contribution in [2.45, 2.75) is 19.3 Å². The molecule has 68 valence electrons. The van der Waals surface area contributed by atoms with Crippen molar-refractivity contribution in [2.24, 2.45) is 0 Å². The number of thiocarbonyl (C=S) groups is 1. The highest BCUT2D eigenvalue weighted by atomic mass is 32.1. The Morgan fingerprint density at radius 1 is 1.46 bits per heavy atom. The summed E-state index contributed by atoms with van der Waals surface area (Å²) in [6.45, 7) is 0.832. The molecular weight excluding hydrogens is 182 g/mol. The van der Waals surface area contributed by atoms with E-state index in [1.165, 1.54) is 0 Å². The maximum atomic E-state index is 11.4. The summed E-state index contributed by atoms with van der Waals surface area (Å²) in [7, 11) is 0. The molecule has 0 spiro atoms. The van der Waals surface area contributed by atoms with Crippen molar-refractivity contribution in [1.82, 2.24) is 4.90 Å². The maximum absolute atomic E-state index is 11.4. The third-order valence-electron chi connectivity index (χ3n) is 2.34. The monoisotopic (exact) mass is 193 g/mol. The molecule has 1 heterocycles. The van der Waals surface area contributed by atoms with Gasteiger partial charge in [0, 0.05) is 24.3 Å². The molecule has 0 atom stereocenters. The lowest BCUT2D eigenvalue weighted by molar-refractivity contribution is -0.125. The van der Waals surface area contributed by atoms with E-state index in [-0.39, 0.29) is 5.91 Å². The highest BCUT2D eigenvalue weighted by Gasteiger charge is 2.25. The molecule has 0 saturated carbocycles. The van der Waals surface area contributed by atoms with Crippen molar-refractivity contribution in [1.29, 1.82) is 0 Å². The number of hydrogen-bond donors (Lipinski definition) is 0. The molecule has 2 rings (SSSR count). The summed E-state index contributed by atoms with van der Waals surface area (Å²) in [6, 6.07) is 0. The average Bonchev–Trinajstić information content (AvgIpc) is 2.52. The molecule has 0 aromatic rings. The predicted octanol–water partition coefficient (Wildman–Crippen LogP) is 1.82. The molecule has 0 radical (unpaired) electrons. The lowest BCUT2D eigenvalue weighted by Gasteiger charge is -2.21. The second-order valence-electron chi connectivity index (χ2n) is 3.26. The van der Waals surface area contributed by atoms with Gasteiger partial charge >= 0.3 is 0 Å². The van der Waals surface area contributed by atoms with E-state index < -0.39 is 0 Å². The van der Waals surface area contributed by atoms with E-state index in [1.54, 1.807) is 0 Å². The van der Waals surface area contributed by atoms with Crippen molar-refractivity contribution < 1.29 is 4.79 Å². The molecule has 1 fully saturated rings. The van der Waals surface area contributed by atoms with Gasteiger partial charge in [0.2, 0.25) is 5.91 Å². The summed E-state index contributed by atoms with van der Waals surface area (Å²) in [5, 5.41) is 0. The van der Waals surface area contributed by atoms with Gasteiger partial charge in [-0.1, -0.05) is 24.4 Å². The van der Waals surface area contributed by atoms with Gasteiger partial charge in [0.05, 0.1) is 5.70 Å². The Morgan fingerprint density at radius 2 is 2.31 bits per heavy atom. The number of allylic oxidation sites excluding steroid dienone is 4. The minimum Gasteiger partial charge on any atom is -0.311 e. The molecule has 2 aliphatic rings. The van der Waals surface area contributed by atoms with Crippen molar-refractivity contribution in [3.8, 4) is 0 Å². The molecule has 0 unspecified atom stereocenters. The molecule has 2 nitrogen and oxygen atoms in total. The zero-order valence-corrected chi connectivity index (χ0v) is 8.14. The standard InChI is InChI=1S/C10H11NOS/c12-10-6-3-7-11(10)8-4-1-2-5-9(8)13/h1-2,4H,3,5-7H2. The molecule has 0 bridgehead atoms. The van der Waals surface area contributed by atoms with Gasteiger partial charge in [0.15, 0.2) is 0 Å². The van der Waals surface area contributed by atoms with E-state index in [1.807, 2.05) is 23.1 Å². The van der Waals surface area contributed by atoms with E-state index in [0.717, 1.165) is 29.9 Å². The van der Waals surface area contributed by atoms with Gasteiger partial charge in [-0.25, -0.2) is 0 Å². The van der Waals surface area contributed by atoms with Crippen LogP contribution in [0.3, 0.4) is 0 Å². The van der Waals surface area contributed by atoms with Crippen LogP contribution in [0.25, 0.3) is 0 Å². The first-order valence-electron chi connectivity index (χ1n) is 4.49. The van der Waals surface area contributed by atoms with Crippen LogP contribution in [-0.2, 0) is 4.79 Å². The van der Waals surface area contributed by atoms with Crippen molar-refractivity contribution in [3.05, 3.63) is 23.9 Å². The maximum Gasteiger partial charge on any atom is 0.227 e. The van der Waals surface area contributed by atoms with E-state index in [9.17, 15) is 4.79 Å².